The molecule has 30 heavy (non-hydrogen) atoms. The van der Waals surface area contributed by atoms with Crippen molar-refractivity contribution < 1.29 is 14.5 Å². The summed E-state index contributed by atoms with van der Waals surface area (Å²) in [4.78, 5) is 22.8. The maximum Gasteiger partial charge on any atom is 0.274 e. The monoisotopic (exact) mass is 427 g/mol. The summed E-state index contributed by atoms with van der Waals surface area (Å²) < 4.78 is 7.01. The molecule has 0 radical (unpaired) electrons. The van der Waals surface area contributed by atoms with Crippen LogP contribution in [0.25, 0.3) is 0 Å². The lowest BCUT2D eigenvalue weighted by molar-refractivity contribution is -0.385. The molecule has 0 fully saturated rings. The quantitative estimate of drug-likeness (QED) is 0.333. The number of hydrogen-bond donors (Lipinski definition) is 1. The smallest absolute Gasteiger partial charge is 0.274 e. The number of benzene rings is 2. The molecule has 3 aromatic rings. The van der Waals surface area contributed by atoms with Gasteiger partial charge in [-0.2, -0.15) is 0 Å². The number of carbonyl (C=O) groups is 1. The van der Waals surface area contributed by atoms with Gasteiger partial charge in [-0.3, -0.25) is 14.9 Å². The van der Waals surface area contributed by atoms with E-state index in [0.717, 1.165) is 17.1 Å². The van der Waals surface area contributed by atoms with E-state index in [2.05, 4.69) is 15.5 Å². The Balaban J connectivity index is 1.59. The maximum atomic E-state index is 12.3. The zero-order valence-corrected chi connectivity index (χ0v) is 17.6. The van der Waals surface area contributed by atoms with E-state index in [4.69, 9.17) is 4.74 Å². The van der Waals surface area contributed by atoms with E-state index in [0.29, 0.717) is 22.8 Å². The molecule has 0 aliphatic heterocycles. The number of aryl methyl sites for hydroxylation is 1. The lowest BCUT2D eigenvalue weighted by Crippen LogP contribution is -2.14. The van der Waals surface area contributed by atoms with Crippen molar-refractivity contribution in [3.63, 3.8) is 0 Å². The highest BCUT2D eigenvalue weighted by atomic mass is 32.2. The minimum atomic E-state index is -0.469. The van der Waals surface area contributed by atoms with Crippen LogP contribution in [-0.4, -0.2) is 38.5 Å². The summed E-state index contributed by atoms with van der Waals surface area (Å²) in [5, 5.41) is 22.7. The number of nitro groups is 1. The van der Waals surface area contributed by atoms with Gasteiger partial charge in [-0.1, -0.05) is 30.0 Å². The molecule has 3 rings (SSSR count). The first kappa shape index (κ1) is 21.3. The van der Waals surface area contributed by atoms with Gasteiger partial charge in [0.1, 0.15) is 11.6 Å². The summed E-state index contributed by atoms with van der Waals surface area (Å²) in [5.41, 5.74) is 1.96. The van der Waals surface area contributed by atoms with Crippen molar-refractivity contribution in [2.45, 2.75) is 18.5 Å². The van der Waals surface area contributed by atoms with E-state index < -0.39 is 4.92 Å². The highest BCUT2D eigenvalue weighted by Crippen LogP contribution is 2.23. The van der Waals surface area contributed by atoms with E-state index in [1.165, 1.54) is 17.8 Å². The first-order valence-electron chi connectivity index (χ1n) is 9.06. The van der Waals surface area contributed by atoms with Crippen molar-refractivity contribution in [3.8, 4) is 5.75 Å². The molecule has 0 atom stereocenters. The van der Waals surface area contributed by atoms with E-state index in [1.807, 2.05) is 35.9 Å². The van der Waals surface area contributed by atoms with Crippen LogP contribution in [0.1, 0.15) is 17.0 Å². The number of nitro benzene ring substituents is 1. The van der Waals surface area contributed by atoms with Crippen molar-refractivity contribution >= 4 is 29.0 Å². The normalized spacial score (nSPS) is 10.6. The third-order valence-electron chi connectivity index (χ3n) is 4.47. The Labute approximate surface area is 177 Å². The van der Waals surface area contributed by atoms with Crippen molar-refractivity contribution in [3.05, 3.63) is 69.5 Å². The first-order chi connectivity index (χ1) is 14.4. The van der Waals surface area contributed by atoms with Crippen LogP contribution in [0.3, 0.4) is 0 Å². The number of nitrogens with zero attached hydrogens (tertiary/aromatic N) is 4. The minimum absolute atomic E-state index is 0.0306. The second-order valence-electron chi connectivity index (χ2n) is 6.58. The molecule has 9 nitrogen and oxygen atoms in total. The highest BCUT2D eigenvalue weighted by Gasteiger charge is 2.14. The number of hydrogen-bond acceptors (Lipinski definition) is 7. The van der Waals surface area contributed by atoms with Crippen LogP contribution in [0, 0.1) is 17.0 Å². The second-order valence-corrected chi connectivity index (χ2v) is 7.52. The largest absolute Gasteiger partial charge is 0.497 e. The molecule has 0 aliphatic rings. The Morgan fingerprint density at radius 2 is 1.97 bits per heavy atom. The minimum Gasteiger partial charge on any atom is -0.497 e. The van der Waals surface area contributed by atoms with Gasteiger partial charge < -0.3 is 14.6 Å². The Bertz CT molecular complexity index is 1070. The number of nitrogens with one attached hydrogen (secondary N) is 1. The van der Waals surface area contributed by atoms with Gasteiger partial charge in [0.2, 0.25) is 5.91 Å². The van der Waals surface area contributed by atoms with Gasteiger partial charge in [0, 0.05) is 30.8 Å². The third-order valence-corrected chi connectivity index (χ3v) is 5.49. The summed E-state index contributed by atoms with van der Waals surface area (Å²) >= 11 is 1.25. The fourth-order valence-corrected chi connectivity index (χ4v) is 3.49. The Morgan fingerprint density at radius 1 is 1.23 bits per heavy atom. The molecule has 0 saturated heterocycles. The summed E-state index contributed by atoms with van der Waals surface area (Å²) in [6.07, 6.45) is 0.604. The molecule has 10 heteroatoms. The highest BCUT2D eigenvalue weighted by molar-refractivity contribution is 7.99. The number of thioether (sulfide) groups is 1. The fourth-order valence-electron chi connectivity index (χ4n) is 2.76. The number of amides is 1. The van der Waals surface area contributed by atoms with Crippen molar-refractivity contribution in [1.29, 1.82) is 0 Å². The average Bonchev–Trinajstić information content (AvgIpc) is 3.07. The van der Waals surface area contributed by atoms with Crippen LogP contribution < -0.4 is 10.1 Å². The molecule has 2 aromatic carbocycles. The SMILES string of the molecule is COc1ccc(Cc2nnc(SCC(=O)Nc3ccc(C)c([N+](=O)[O-])c3)n2C)cc1. The van der Waals surface area contributed by atoms with E-state index in [1.54, 1.807) is 26.2 Å². The lowest BCUT2D eigenvalue weighted by Gasteiger charge is -2.07. The molecule has 0 unspecified atom stereocenters. The number of methoxy groups -OCH3 is 1. The molecule has 1 amide bonds. The molecule has 0 spiro atoms. The molecular weight excluding hydrogens is 406 g/mol. The van der Waals surface area contributed by atoms with E-state index >= 15 is 0 Å². The van der Waals surface area contributed by atoms with Crippen molar-refractivity contribution in [1.82, 2.24) is 14.8 Å². The Morgan fingerprint density at radius 3 is 2.63 bits per heavy atom. The van der Waals surface area contributed by atoms with Crippen LogP contribution in [0.15, 0.2) is 47.6 Å². The van der Waals surface area contributed by atoms with Crippen LogP contribution in [0.4, 0.5) is 11.4 Å². The summed E-state index contributed by atoms with van der Waals surface area (Å²) in [7, 11) is 3.47. The summed E-state index contributed by atoms with van der Waals surface area (Å²) in [5.74, 6) is 1.39. The van der Waals surface area contributed by atoms with Gasteiger partial charge >= 0.3 is 0 Å². The van der Waals surface area contributed by atoms with Crippen LogP contribution >= 0.6 is 11.8 Å². The van der Waals surface area contributed by atoms with Crippen molar-refractivity contribution in [2.75, 3.05) is 18.2 Å². The van der Waals surface area contributed by atoms with Gasteiger partial charge in [-0.05, 0) is 30.7 Å². The predicted octanol–water partition coefficient (Wildman–Crippen LogP) is 3.36. The lowest BCUT2D eigenvalue weighted by atomic mass is 10.1. The number of carbonyl (C=O) groups excluding carboxylic acids is 1. The van der Waals surface area contributed by atoms with Gasteiger partial charge in [0.15, 0.2) is 5.16 Å². The number of aromatic nitrogens is 3. The van der Waals surface area contributed by atoms with Crippen LogP contribution in [0.5, 0.6) is 5.75 Å². The Hall–Kier alpha value is -3.40. The zero-order chi connectivity index (χ0) is 21.7. The topological polar surface area (TPSA) is 112 Å². The van der Waals surface area contributed by atoms with Gasteiger partial charge in [0.05, 0.1) is 17.8 Å². The molecule has 1 heterocycles. The molecule has 0 saturated carbocycles. The summed E-state index contributed by atoms with van der Waals surface area (Å²) in [6.45, 7) is 1.65. The number of ether oxygens (including phenoxy) is 1. The maximum absolute atomic E-state index is 12.3. The predicted molar refractivity (Wildman–Crippen MR) is 114 cm³/mol. The molecule has 0 aliphatic carbocycles. The third kappa shape index (κ3) is 5.15. The Kier molecular flexibility index (Phi) is 6.68. The molecular formula is C20H21N5O4S. The number of anilines is 1. The fraction of sp³-hybridized carbons (Fsp3) is 0.250. The van der Waals surface area contributed by atoms with E-state index in [-0.39, 0.29) is 17.3 Å². The van der Waals surface area contributed by atoms with Crippen LogP contribution in [0.2, 0.25) is 0 Å². The molecule has 1 N–H and O–H groups in total. The average molecular weight is 427 g/mol. The molecule has 156 valence electrons. The van der Waals surface area contributed by atoms with Gasteiger partial charge in [-0.15, -0.1) is 10.2 Å². The van der Waals surface area contributed by atoms with Crippen molar-refractivity contribution in [2.24, 2.45) is 7.05 Å². The molecule has 1 aromatic heterocycles. The van der Waals surface area contributed by atoms with E-state index in [9.17, 15) is 14.9 Å². The van der Waals surface area contributed by atoms with Gasteiger partial charge in [0.25, 0.3) is 5.69 Å². The van der Waals surface area contributed by atoms with Gasteiger partial charge in [-0.25, -0.2) is 0 Å². The number of rotatable bonds is 8. The zero-order valence-electron chi connectivity index (χ0n) is 16.8. The summed E-state index contributed by atoms with van der Waals surface area (Å²) in [6, 6.07) is 12.3. The standard InChI is InChI=1S/C20H21N5O4S/c1-13-4-7-15(11-17(13)25(27)28)21-19(26)12-30-20-23-22-18(24(20)2)10-14-5-8-16(29-3)9-6-14/h4-9,11H,10,12H2,1-3H3,(H,21,26). The van der Waals surface area contributed by atoms with Crippen LogP contribution in [-0.2, 0) is 18.3 Å². The first-order valence-corrected chi connectivity index (χ1v) is 10.0. The second kappa shape index (κ2) is 9.40. The molecule has 0 bridgehead atoms.